The van der Waals surface area contributed by atoms with E-state index < -0.39 is 54.6 Å². The number of benzene rings is 1. The van der Waals surface area contributed by atoms with Crippen LogP contribution in [-0.2, 0) is 14.3 Å². The topological polar surface area (TPSA) is 92.7 Å². The molecule has 0 radical (unpaired) electrons. The van der Waals surface area contributed by atoms with E-state index in [9.17, 15) is 31.9 Å². The lowest BCUT2D eigenvalue weighted by Gasteiger charge is -2.26. The van der Waals surface area contributed by atoms with Crippen molar-refractivity contribution in [2.45, 2.75) is 18.8 Å². The SMILES string of the molecule is O=C(O)c1cccc(NC(=O)[C@H]2[C@@H](C(=O)OCC(F)(F)C(F)F)[C@H]3C=C[C@@H]2C3)c1. The van der Waals surface area contributed by atoms with Gasteiger partial charge in [0.15, 0.2) is 6.61 Å². The van der Waals surface area contributed by atoms with Crippen LogP contribution in [0.1, 0.15) is 16.8 Å². The van der Waals surface area contributed by atoms with Gasteiger partial charge in [0.25, 0.3) is 0 Å². The number of amides is 1. The van der Waals surface area contributed by atoms with Crippen LogP contribution in [0.4, 0.5) is 23.2 Å². The highest BCUT2D eigenvalue weighted by molar-refractivity contribution is 5.98. The van der Waals surface area contributed by atoms with E-state index in [2.05, 4.69) is 10.1 Å². The fourth-order valence-electron chi connectivity index (χ4n) is 3.78. The van der Waals surface area contributed by atoms with Crippen LogP contribution in [0.2, 0.25) is 0 Å². The monoisotopic (exact) mass is 415 g/mol. The quantitative estimate of drug-likeness (QED) is 0.405. The van der Waals surface area contributed by atoms with Gasteiger partial charge in [-0.15, -0.1) is 0 Å². The van der Waals surface area contributed by atoms with E-state index in [1.807, 2.05) is 0 Å². The summed E-state index contributed by atoms with van der Waals surface area (Å²) in [6.07, 6.45) is -0.134. The number of hydrogen-bond donors (Lipinski definition) is 2. The summed E-state index contributed by atoms with van der Waals surface area (Å²) in [4.78, 5) is 36.1. The Labute approximate surface area is 162 Å². The molecule has 0 spiro atoms. The van der Waals surface area contributed by atoms with Gasteiger partial charge in [0.1, 0.15) is 0 Å². The van der Waals surface area contributed by atoms with Gasteiger partial charge in [-0.2, -0.15) is 8.78 Å². The van der Waals surface area contributed by atoms with Crippen LogP contribution in [-0.4, -0.2) is 41.9 Å². The number of rotatable bonds is 7. The second-order valence-corrected chi connectivity index (χ2v) is 7.04. The van der Waals surface area contributed by atoms with Crippen molar-refractivity contribution >= 4 is 23.5 Å². The van der Waals surface area contributed by atoms with Gasteiger partial charge >= 0.3 is 24.3 Å². The molecule has 1 saturated carbocycles. The minimum Gasteiger partial charge on any atom is -0.478 e. The van der Waals surface area contributed by atoms with Gasteiger partial charge in [-0.05, 0) is 36.5 Å². The number of fused-ring (bicyclic) bond motifs is 2. The first-order chi connectivity index (χ1) is 13.6. The number of anilines is 1. The van der Waals surface area contributed by atoms with Gasteiger partial charge in [-0.3, -0.25) is 9.59 Å². The Kier molecular flexibility index (Phi) is 5.63. The second-order valence-electron chi connectivity index (χ2n) is 7.04. The summed E-state index contributed by atoms with van der Waals surface area (Å²) in [5, 5.41) is 11.5. The number of carbonyl (C=O) groups is 3. The van der Waals surface area contributed by atoms with E-state index in [1.165, 1.54) is 24.3 Å². The Bertz CT molecular complexity index is 857. The molecule has 2 bridgehead atoms. The molecule has 2 aliphatic carbocycles. The third-order valence-electron chi connectivity index (χ3n) is 5.14. The van der Waals surface area contributed by atoms with E-state index in [0.717, 1.165) is 0 Å². The van der Waals surface area contributed by atoms with Crippen molar-refractivity contribution in [2.24, 2.45) is 23.7 Å². The zero-order chi connectivity index (χ0) is 21.3. The van der Waals surface area contributed by atoms with Gasteiger partial charge in [0, 0.05) is 5.69 Å². The maximum absolute atomic E-state index is 13.1. The molecule has 6 nitrogen and oxygen atoms in total. The smallest absolute Gasteiger partial charge is 0.340 e. The minimum atomic E-state index is -4.47. The number of hydrogen-bond acceptors (Lipinski definition) is 4. The number of aromatic carboxylic acids is 1. The molecule has 0 aromatic heterocycles. The molecule has 1 aromatic carbocycles. The number of halogens is 4. The van der Waals surface area contributed by atoms with Crippen LogP contribution in [0, 0.1) is 23.7 Å². The van der Waals surface area contributed by atoms with Crippen LogP contribution in [0.5, 0.6) is 0 Å². The number of esters is 1. The Morgan fingerprint density at radius 1 is 1.17 bits per heavy atom. The predicted octanol–water partition coefficient (Wildman–Crippen LogP) is 3.21. The molecule has 1 amide bonds. The number of allylic oxidation sites excluding steroid dienone is 2. The normalized spacial score (nSPS) is 25.3. The summed E-state index contributed by atoms with van der Waals surface area (Å²) in [6, 6.07) is 5.46. The number of ether oxygens (including phenoxy) is 1. The first-order valence-electron chi connectivity index (χ1n) is 8.75. The number of carboxylic acid groups (broad SMARTS) is 1. The summed E-state index contributed by atoms with van der Waals surface area (Å²) in [5.74, 6) is -10.2. The molecule has 156 valence electrons. The highest BCUT2D eigenvalue weighted by Gasteiger charge is 2.53. The average Bonchev–Trinajstić information content (AvgIpc) is 3.27. The molecule has 4 atom stereocenters. The van der Waals surface area contributed by atoms with E-state index in [-0.39, 0.29) is 17.2 Å². The first-order valence-corrected chi connectivity index (χ1v) is 8.75. The third-order valence-corrected chi connectivity index (χ3v) is 5.14. The summed E-state index contributed by atoms with van der Waals surface area (Å²) < 4.78 is 55.1. The standard InChI is InChI=1S/C19H17F4NO5/c20-18(21)19(22,23)8-29-17(28)14-10-5-4-9(6-10)13(14)15(25)24-12-3-1-2-11(7-12)16(26)27/h1-5,7,9-10,13-14,18H,6,8H2,(H,24,25)(H,26,27)/t9-,10+,13-,14+/m1/s1. The number of nitrogens with one attached hydrogen (secondary N) is 1. The van der Waals surface area contributed by atoms with E-state index >= 15 is 0 Å². The Morgan fingerprint density at radius 2 is 1.83 bits per heavy atom. The maximum atomic E-state index is 13.1. The Morgan fingerprint density at radius 3 is 2.45 bits per heavy atom. The molecule has 2 N–H and O–H groups in total. The highest BCUT2D eigenvalue weighted by Crippen LogP contribution is 2.49. The van der Waals surface area contributed by atoms with Crippen molar-refractivity contribution in [3.05, 3.63) is 42.0 Å². The molecule has 29 heavy (non-hydrogen) atoms. The fraction of sp³-hybridized carbons (Fsp3) is 0.421. The lowest BCUT2D eigenvalue weighted by Crippen LogP contribution is -2.40. The maximum Gasteiger partial charge on any atom is 0.340 e. The van der Waals surface area contributed by atoms with Gasteiger partial charge in [0.2, 0.25) is 5.91 Å². The van der Waals surface area contributed by atoms with E-state index in [1.54, 1.807) is 12.2 Å². The Hall–Kier alpha value is -2.91. The zero-order valence-electron chi connectivity index (χ0n) is 14.9. The molecule has 1 fully saturated rings. The molecule has 2 aliphatic rings. The van der Waals surface area contributed by atoms with Crippen LogP contribution >= 0.6 is 0 Å². The molecule has 0 unspecified atom stereocenters. The van der Waals surface area contributed by atoms with Crippen molar-refractivity contribution in [2.75, 3.05) is 11.9 Å². The molecule has 0 saturated heterocycles. The number of carbonyl (C=O) groups excluding carboxylic acids is 2. The molecule has 0 aliphatic heterocycles. The predicted molar refractivity (Wildman–Crippen MR) is 91.7 cm³/mol. The second kappa shape index (κ2) is 7.84. The number of alkyl halides is 4. The molecule has 3 rings (SSSR count). The molecular weight excluding hydrogens is 398 g/mol. The summed E-state index contributed by atoms with van der Waals surface area (Å²) in [5.41, 5.74) is 0.138. The van der Waals surface area contributed by atoms with Crippen LogP contribution in [0.25, 0.3) is 0 Å². The van der Waals surface area contributed by atoms with E-state index in [0.29, 0.717) is 6.42 Å². The molecular formula is C19H17F4NO5. The Balaban J connectivity index is 1.72. The van der Waals surface area contributed by atoms with Crippen molar-refractivity contribution < 1.29 is 41.8 Å². The summed E-state index contributed by atoms with van der Waals surface area (Å²) >= 11 is 0. The minimum absolute atomic E-state index is 0.0548. The highest BCUT2D eigenvalue weighted by atomic mass is 19.3. The van der Waals surface area contributed by atoms with Crippen molar-refractivity contribution in [3.63, 3.8) is 0 Å². The van der Waals surface area contributed by atoms with Crippen LogP contribution < -0.4 is 5.32 Å². The van der Waals surface area contributed by atoms with Crippen LogP contribution in [0.3, 0.4) is 0 Å². The zero-order valence-corrected chi connectivity index (χ0v) is 14.9. The first kappa shape index (κ1) is 20.8. The van der Waals surface area contributed by atoms with Crippen molar-refractivity contribution in [1.82, 2.24) is 0 Å². The van der Waals surface area contributed by atoms with Crippen LogP contribution in [0.15, 0.2) is 36.4 Å². The molecule has 1 aromatic rings. The van der Waals surface area contributed by atoms with Crippen molar-refractivity contribution in [3.8, 4) is 0 Å². The molecule has 0 heterocycles. The number of carboxylic acids is 1. The lowest BCUT2D eigenvalue weighted by molar-refractivity contribution is -0.184. The largest absolute Gasteiger partial charge is 0.478 e. The van der Waals surface area contributed by atoms with Gasteiger partial charge in [0.05, 0.1) is 17.4 Å². The average molecular weight is 415 g/mol. The summed E-state index contributed by atoms with van der Waals surface area (Å²) in [6.45, 7) is -1.77. The third kappa shape index (κ3) is 4.25. The lowest BCUT2D eigenvalue weighted by atomic mass is 9.82. The van der Waals surface area contributed by atoms with E-state index in [4.69, 9.17) is 5.11 Å². The van der Waals surface area contributed by atoms with Gasteiger partial charge in [-0.25, -0.2) is 13.6 Å². The van der Waals surface area contributed by atoms with Gasteiger partial charge in [-0.1, -0.05) is 18.2 Å². The van der Waals surface area contributed by atoms with Gasteiger partial charge < -0.3 is 15.2 Å². The fourth-order valence-corrected chi connectivity index (χ4v) is 3.78. The molecule has 10 heteroatoms. The summed E-state index contributed by atoms with van der Waals surface area (Å²) in [7, 11) is 0. The van der Waals surface area contributed by atoms with Crippen molar-refractivity contribution in [1.29, 1.82) is 0 Å².